The maximum absolute atomic E-state index is 13.1. The number of rotatable bonds is 5. The van der Waals surface area contributed by atoms with Crippen LogP contribution in [-0.2, 0) is 13.0 Å². The van der Waals surface area contributed by atoms with Gasteiger partial charge in [0.2, 0.25) is 0 Å². The first-order valence-corrected chi connectivity index (χ1v) is 9.21. The highest BCUT2D eigenvalue weighted by Crippen LogP contribution is 2.24. The fraction of sp³-hybridized carbons (Fsp3) is 0.500. The maximum Gasteiger partial charge on any atom is 0.257 e. The summed E-state index contributed by atoms with van der Waals surface area (Å²) < 4.78 is 1.83. The standard InChI is InChI=1S/C20H27N3O2/c1-3-22-14-19(15(2)21-22)20(25)23-13-5-4-6-17(23)10-7-16-8-11-18(24)12-9-16/h8-9,11-12,14,17,24H,3-7,10,13H2,1-2H3/t17-/m1/s1. The summed E-state index contributed by atoms with van der Waals surface area (Å²) in [5, 5.41) is 13.8. The number of hydrogen-bond donors (Lipinski definition) is 1. The number of amides is 1. The Kier molecular flexibility index (Phi) is 5.41. The summed E-state index contributed by atoms with van der Waals surface area (Å²) in [6.07, 6.45) is 7.06. The zero-order valence-electron chi connectivity index (χ0n) is 15.1. The highest BCUT2D eigenvalue weighted by atomic mass is 16.3. The number of phenols is 1. The molecular weight excluding hydrogens is 314 g/mol. The number of nitrogens with zero attached hydrogens (tertiary/aromatic N) is 3. The molecule has 2 aromatic rings. The predicted octanol–water partition coefficient (Wildman–Crippen LogP) is 3.54. The van der Waals surface area contributed by atoms with Crippen molar-refractivity contribution in [3.63, 3.8) is 0 Å². The third-order valence-electron chi connectivity index (χ3n) is 5.09. The smallest absolute Gasteiger partial charge is 0.257 e. The number of aryl methyl sites for hydroxylation is 3. The molecule has 0 bridgehead atoms. The second kappa shape index (κ2) is 7.72. The molecule has 1 saturated heterocycles. The molecule has 1 aliphatic rings. The second-order valence-electron chi connectivity index (χ2n) is 6.84. The number of carbonyl (C=O) groups excluding carboxylic acids is 1. The van der Waals surface area contributed by atoms with Gasteiger partial charge in [-0.25, -0.2) is 0 Å². The monoisotopic (exact) mass is 341 g/mol. The van der Waals surface area contributed by atoms with Crippen LogP contribution >= 0.6 is 0 Å². The lowest BCUT2D eigenvalue weighted by Crippen LogP contribution is -2.44. The molecule has 1 atom stereocenters. The van der Waals surface area contributed by atoms with Crippen molar-refractivity contribution in [3.8, 4) is 5.75 Å². The molecule has 0 unspecified atom stereocenters. The van der Waals surface area contributed by atoms with Crippen LogP contribution in [0.2, 0.25) is 0 Å². The average molecular weight is 341 g/mol. The van der Waals surface area contributed by atoms with E-state index in [9.17, 15) is 9.90 Å². The minimum Gasteiger partial charge on any atom is -0.508 e. The number of aromatic hydroxyl groups is 1. The summed E-state index contributed by atoms with van der Waals surface area (Å²) in [5.74, 6) is 0.411. The minimum atomic E-state index is 0.118. The maximum atomic E-state index is 13.1. The molecule has 0 saturated carbocycles. The molecule has 2 heterocycles. The fourth-order valence-electron chi connectivity index (χ4n) is 3.61. The third-order valence-corrected chi connectivity index (χ3v) is 5.09. The predicted molar refractivity (Wildman–Crippen MR) is 97.7 cm³/mol. The SMILES string of the molecule is CCn1cc(C(=O)N2CCCC[C@@H]2CCc2ccc(O)cc2)c(C)n1. The van der Waals surface area contributed by atoms with Gasteiger partial charge in [-0.1, -0.05) is 12.1 Å². The lowest BCUT2D eigenvalue weighted by molar-refractivity contribution is 0.0601. The Morgan fingerprint density at radius 3 is 2.72 bits per heavy atom. The molecule has 3 rings (SSSR count). The van der Waals surface area contributed by atoms with Crippen molar-refractivity contribution < 1.29 is 9.90 Å². The zero-order valence-corrected chi connectivity index (χ0v) is 15.1. The number of likely N-dealkylation sites (tertiary alicyclic amines) is 1. The van der Waals surface area contributed by atoms with Gasteiger partial charge in [-0.3, -0.25) is 9.48 Å². The molecule has 0 spiro atoms. The van der Waals surface area contributed by atoms with Gasteiger partial charge < -0.3 is 10.0 Å². The lowest BCUT2D eigenvalue weighted by Gasteiger charge is -2.36. The largest absolute Gasteiger partial charge is 0.508 e. The van der Waals surface area contributed by atoms with Crippen molar-refractivity contribution in [1.82, 2.24) is 14.7 Å². The van der Waals surface area contributed by atoms with Gasteiger partial charge in [0.25, 0.3) is 5.91 Å². The van der Waals surface area contributed by atoms with Crippen LogP contribution < -0.4 is 0 Å². The topological polar surface area (TPSA) is 58.4 Å². The first kappa shape index (κ1) is 17.5. The fourth-order valence-corrected chi connectivity index (χ4v) is 3.61. The van der Waals surface area contributed by atoms with Gasteiger partial charge in [-0.05, 0) is 63.6 Å². The van der Waals surface area contributed by atoms with E-state index >= 15 is 0 Å². The third kappa shape index (κ3) is 4.03. The van der Waals surface area contributed by atoms with Crippen LogP contribution in [0, 0.1) is 6.92 Å². The Hall–Kier alpha value is -2.30. The summed E-state index contributed by atoms with van der Waals surface area (Å²) in [6.45, 7) is 5.55. The Morgan fingerprint density at radius 1 is 1.28 bits per heavy atom. The highest BCUT2D eigenvalue weighted by Gasteiger charge is 2.29. The number of aromatic nitrogens is 2. The van der Waals surface area contributed by atoms with Gasteiger partial charge in [-0.2, -0.15) is 5.10 Å². The van der Waals surface area contributed by atoms with Crippen molar-refractivity contribution in [2.45, 2.75) is 58.5 Å². The summed E-state index contributed by atoms with van der Waals surface area (Å²) in [7, 11) is 0. The van der Waals surface area contributed by atoms with Gasteiger partial charge in [0, 0.05) is 25.3 Å². The number of carbonyl (C=O) groups is 1. The quantitative estimate of drug-likeness (QED) is 0.905. The Labute approximate surface area is 149 Å². The number of hydrogen-bond acceptors (Lipinski definition) is 3. The van der Waals surface area contributed by atoms with E-state index in [-0.39, 0.29) is 11.9 Å². The first-order valence-electron chi connectivity index (χ1n) is 9.21. The van der Waals surface area contributed by atoms with Crippen LogP contribution in [0.5, 0.6) is 5.75 Å². The van der Waals surface area contributed by atoms with E-state index < -0.39 is 0 Å². The van der Waals surface area contributed by atoms with E-state index in [1.807, 2.05) is 41.8 Å². The molecule has 5 heteroatoms. The minimum absolute atomic E-state index is 0.118. The van der Waals surface area contributed by atoms with E-state index in [4.69, 9.17) is 0 Å². The van der Waals surface area contributed by atoms with E-state index in [2.05, 4.69) is 5.10 Å². The molecule has 1 fully saturated rings. The molecule has 134 valence electrons. The van der Waals surface area contributed by atoms with Crippen LogP contribution in [0.4, 0.5) is 0 Å². The Bertz CT molecular complexity index is 721. The summed E-state index contributed by atoms with van der Waals surface area (Å²) in [5.41, 5.74) is 2.75. The van der Waals surface area contributed by atoms with Crippen LogP contribution in [-0.4, -0.2) is 38.3 Å². The van der Waals surface area contributed by atoms with Gasteiger partial charge >= 0.3 is 0 Å². The van der Waals surface area contributed by atoms with Gasteiger partial charge in [0.1, 0.15) is 5.75 Å². The van der Waals surface area contributed by atoms with Crippen molar-refractivity contribution in [2.75, 3.05) is 6.54 Å². The van der Waals surface area contributed by atoms with E-state index in [1.54, 1.807) is 12.1 Å². The Morgan fingerprint density at radius 2 is 2.04 bits per heavy atom. The van der Waals surface area contributed by atoms with E-state index in [0.717, 1.165) is 50.0 Å². The van der Waals surface area contributed by atoms with E-state index in [1.165, 1.54) is 12.0 Å². The average Bonchev–Trinajstić information content (AvgIpc) is 3.02. The normalized spacial score (nSPS) is 17.7. The van der Waals surface area contributed by atoms with Crippen molar-refractivity contribution in [2.24, 2.45) is 0 Å². The first-order chi connectivity index (χ1) is 12.1. The summed E-state index contributed by atoms with van der Waals surface area (Å²) in [4.78, 5) is 15.1. The molecular formula is C20H27N3O2. The van der Waals surface area contributed by atoms with E-state index in [0.29, 0.717) is 5.75 Å². The molecule has 1 aromatic carbocycles. The number of phenolic OH excluding ortho intramolecular Hbond substituents is 1. The van der Waals surface area contributed by atoms with Crippen LogP contribution in [0.25, 0.3) is 0 Å². The van der Waals surface area contributed by atoms with Crippen LogP contribution in [0.3, 0.4) is 0 Å². The molecule has 1 N–H and O–H groups in total. The molecule has 5 nitrogen and oxygen atoms in total. The zero-order chi connectivity index (χ0) is 17.8. The molecule has 0 radical (unpaired) electrons. The van der Waals surface area contributed by atoms with Gasteiger partial charge in [-0.15, -0.1) is 0 Å². The molecule has 1 aromatic heterocycles. The molecule has 1 amide bonds. The van der Waals surface area contributed by atoms with Crippen molar-refractivity contribution in [3.05, 3.63) is 47.3 Å². The van der Waals surface area contributed by atoms with Crippen LogP contribution in [0.1, 0.15) is 54.2 Å². The number of benzene rings is 1. The lowest BCUT2D eigenvalue weighted by atomic mass is 9.95. The van der Waals surface area contributed by atoms with Gasteiger partial charge in [0.15, 0.2) is 0 Å². The summed E-state index contributed by atoms with van der Waals surface area (Å²) >= 11 is 0. The van der Waals surface area contributed by atoms with Gasteiger partial charge in [0.05, 0.1) is 11.3 Å². The second-order valence-corrected chi connectivity index (χ2v) is 6.84. The highest BCUT2D eigenvalue weighted by molar-refractivity contribution is 5.95. The molecule has 1 aliphatic heterocycles. The van der Waals surface area contributed by atoms with Crippen molar-refractivity contribution in [1.29, 1.82) is 0 Å². The van der Waals surface area contributed by atoms with Crippen molar-refractivity contribution >= 4 is 5.91 Å². The number of piperidine rings is 1. The Balaban J connectivity index is 1.70. The van der Waals surface area contributed by atoms with Crippen LogP contribution in [0.15, 0.2) is 30.5 Å². The molecule has 0 aliphatic carbocycles. The molecule has 25 heavy (non-hydrogen) atoms. The summed E-state index contributed by atoms with van der Waals surface area (Å²) in [6, 6.07) is 7.64.